The number of primary amides is 1. The van der Waals surface area contributed by atoms with Crippen LogP contribution in [0, 0.1) is 5.82 Å². The van der Waals surface area contributed by atoms with Gasteiger partial charge in [0.25, 0.3) is 11.8 Å². The Labute approximate surface area is 214 Å². The van der Waals surface area contributed by atoms with E-state index in [1.165, 1.54) is 0 Å². The molecule has 3 N–H and O–H groups in total. The van der Waals surface area contributed by atoms with E-state index in [1.807, 2.05) is 0 Å². The minimum Gasteiger partial charge on any atom is -0.496 e. The largest absolute Gasteiger partial charge is 0.573 e. The average Bonchev–Trinajstić information content (AvgIpc) is 2.82. The number of aromatic nitrogens is 1. The Morgan fingerprint density at radius 1 is 0.897 bits per heavy atom. The van der Waals surface area contributed by atoms with E-state index in [0.717, 1.165) is 50.7 Å². The van der Waals surface area contributed by atoms with Gasteiger partial charge in [-0.05, 0) is 24.3 Å². The summed E-state index contributed by atoms with van der Waals surface area (Å²) in [6.07, 6.45) is -9.33. The van der Waals surface area contributed by atoms with Crippen molar-refractivity contribution in [3.05, 3.63) is 65.2 Å². The number of rotatable bonds is 8. The van der Waals surface area contributed by atoms with Crippen molar-refractivity contribution in [2.75, 3.05) is 19.5 Å². The van der Waals surface area contributed by atoms with E-state index in [9.17, 15) is 35.9 Å². The van der Waals surface area contributed by atoms with Crippen LogP contribution in [0.3, 0.4) is 0 Å². The highest BCUT2D eigenvalue weighted by Crippen LogP contribution is 2.45. The smallest absolute Gasteiger partial charge is 0.496 e. The maximum Gasteiger partial charge on any atom is 0.573 e. The van der Waals surface area contributed by atoms with Crippen molar-refractivity contribution >= 4 is 17.5 Å². The molecule has 9 nitrogen and oxygen atoms in total. The SMILES string of the molecule is COc1cc(OC(F)(F)F)ccc1Oc1cc(OC)c(C(F)(F)F)c(F)c1C(=O)Nc1ccnc(C(N)=O)c1. The van der Waals surface area contributed by atoms with Gasteiger partial charge in [0.1, 0.15) is 34.1 Å². The van der Waals surface area contributed by atoms with Gasteiger partial charge in [-0.3, -0.25) is 14.6 Å². The number of ether oxygens (including phenoxy) is 4. The van der Waals surface area contributed by atoms with Crippen molar-refractivity contribution in [2.24, 2.45) is 5.73 Å². The third kappa shape index (κ3) is 6.77. The first kappa shape index (κ1) is 28.8. The molecule has 0 spiro atoms. The number of nitrogens with zero attached hydrogens (tertiary/aromatic N) is 1. The normalized spacial score (nSPS) is 11.5. The number of nitrogens with two attached hydrogens (primary N) is 1. The number of benzene rings is 2. The highest BCUT2D eigenvalue weighted by atomic mass is 19.4. The predicted octanol–water partition coefficient (Wildman–Crippen LogP) is 5.30. The number of nitrogens with one attached hydrogen (secondary N) is 1. The number of hydrogen-bond acceptors (Lipinski definition) is 7. The first-order valence-corrected chi connectivity index (χ1v) is 10.3. The number of anilines is 1. The van der Waals surface area contributed by atoms with Gasteiger partial charge in [-0.25, -0.2) is 4.39 Å². The number of alkyl halides is 6. The number of hydrogen-bond donors (Lipinski definition) is 2. The van der Waals surface area contributed by atoms with Crippen LogP contribution in [0.15, 0.2) is 42.6 Å². The summed E-state index contributed by atoms with van der Waals surface area (Å²) in [4.78, 5) is 28.0. The second kappa shape index (κ2) is 10.9. The number of carbonyl (C=O) groups excluding carboxylic acids is 2. The molecule has 39 heavy (non-hydrogen) atoms. The molecule has 0 bridgehead atoms. The first-order valence-electron chi connectivity index (χ1n) is 10.3. The van der Waals surface area contributed by atoms with Crippen molar-refractivity contribution in [3.8, 4) is 28.7 Å². The maximum absolute atomic E-state index is 15.4. The van der Waals surface area contributed by atoms with Gasteiger partial charge in [-0.1, -0.05) is 0 Å². The minimum atomic E-state index is -5.33. The molecule has 3 rings (SSSR count). The highest BCUT2D eigenvalue weighted by molar-refractivity contribution is 6.07. The average molecular weight is 563 g/mol. The Morgan fingerprint density at radius 2 is 1.56 bits per heavy atom. The number of pyridine rings is 1. The molecule has 0 aliphatic heterocycles. The summed E-state index contributed by atoms with van der Waals surface area (Å²) < 4.78 is 113. The first-order chi connectivity index (χ1) is 18.1. The number of halogens is 7. The number of methoxy groups -OCH3 is 2. The standard InChI is InChI=1S/C23H16F7N3O6/c1-36-14-8-11(39-23(28,29)30)3-4-13(14)38-15-9-16(37-2)18(22(25,26)27)19(24)17(15)21(35)33-10-5-6-32-12(7-10)20(31)34/h3-9H,1-2H3,(H2,31,34)(H,32,33,35). The van der Waals surface area contributed by atoms with Crippen LogP contribution in [-0.2, 0) is 6.18 Å². The molecule has 3 aromatic rings. The molecule has 0 aliphatic rings. The quantitative estimate of drug-likeness (QED) is 0.357. The molecular weight excluding hydrogens is 547 g/mol. The molecule has 0 radical (unpaired) electrons. The second-order valence-corrected chi connectivity index (χ2v) is 7.35. The molecule has 1 aromatic heterocycles. The van der Waals surface area contributed by atoms with Gasteiger partial charge in [0.05, 0.1) is 14.2 Å². The van der Waals surface area contributed by atoms with E-state index in [2.05, 4.69) is 19.8 Å². The van der Waals surface area contributed by atoms with Gasteiger partial charge < -0.3 is 30.0 Å². The van der Waals surface area contributed by atoms with Crippen LogP contribution in [0.5, 0.6) is 28.7 Å². The Bertz CT molecular complexity index is 1410. The summed E-state index contributed by atoms with van der Waals surface area (Å²) >= 11 is 0. The topological polar surface area (TPSA) is 122 Å². The zero-order valence-corrected chi connectivity index (χ0v) is 19.7. The monoisotopic (exact) mass is 563 g/mol. The van der Waals surface area contributed by atoms with E-state index in [4.69, 9.17) is 15.2 Å². The number of carbonyl (C=O) groups is 2. The van der Waals surface area contributed by atoms with Crippen molar-refractivity contribution in [1.82, 2.24) is 4.98 Å². The van der Waals surface area contributed by atoms with E-state index in [0.29, 0.717) is 6.07 Å². The molecule has 16 heteroatoms. The summed E-state index contributed by atoms with van der Waals surface area (Å²) in [5, 5.41) is 2.11. The minimum absolute atomic E-state index is 0.190. The van der Waals surface area contributed by atoms with Crippen molar-refractivity contribution < 1.29 is 59.3 Å². The van der Waals surface area contributed by atoms with Crippen LogP contribution in [0.2, 0.25) is 0 Å². The summed E-state index contributed by atoms with van der Waals surface area (Å²) in [6, 6.07) is 5.08. The van der Waals surface area contributed by atoms with Gasteiger partial charge in [0.2, 0.25) is 0 Å². The van der Waals surface area contributed by atoms with E-state index in [1.54, 1.807) is 0 Å². The van der Waals surface area contributed by atoms with Crippen LogP contribution in [0.4, 0.5) is 36.4 Å². The van der Waals surface area contributed by atoms with Crippen molar-refractivity contribution in [2.45, 2.75) is 12.5 Å². The highest BCUT2D eigenvalue weighted by Gasteiger charge is 2.42. The number of amides is 2. The molecule has 1 heterocycles. The lowest BCUT2D eigenvalue weighted by Crippen LogP contribution is -2.20. The van der Waals surface area contributed by atoms with Gasteiger partial charge in [-0.15, -0.1) is 13.2 Å². The van der Waals surface area contributed by atoms with Crippen LogP contribution in [0.25, 0.3) is 0 Å². The lowest BCUT2D eigenvalue weighted by atomic mass is 10.0. The molecule has 2 aromatic carbocycles. The van der Waals surface area contributed by atoms with Crippen LogP contribution in [0.1, 0.15) is 26.4 Å². The molecule has 0 saturated heterocycles. The summed E-state index contributed by atoms with van der Waals surface area (Å²) in [6.45, 7) is 0. The van der Waals surface area contributed by atoms with Crippen LogP contribution >= 0.6 is 0 Å². The molecule has 2 amide bonds. The molecule has 0 aliphatic carbocycles. The fourth-order valence-corrected chi connectivity index (χ4v) is 3.21. The molecule has 0 saturated carbocycles. The fourth-order valence-electron chi connectivity index (χ4n) is 3.21. The Balaban J connectivity index is 2.14. The van der Waals surface area contributed by atoms with E-state index in [-0.39, 0.29) is 11.4 Å². The molecule has 208 valence electrons. The zero-order chi connectivity index (χ0) is 29.1. The van der Waals surface area contributed by atoms with Gasteiger partial charge >= 0.3 is 12.5 Å². The lowest BCUT2D eigenvalue weighted by molar-refractivity contribution is -0.274. The summed E-state index contributed by atoms with van der Waals surface area (Å²) in [5.41, 5.74) is 1.41. The second-order valence-electron chi connectivity index (χ2n) is 7.35. The van der Waals surface area contributed by atoms with Crippen molar-refractivity contribution in [1.29, 1.82) is 0 Å². The molecule has 0 atom stereocenters. The van der Waals surface area contributed by atoms with E-state index >= 15 is 4.39 Å². The summed E-state index contributed by atoms with van der Waals surface area (Å²) in [7, 11) is 1.83. The molecular formula is C23H16F7N3O6. The third-order valence-corrected chi connectivity index (χ3v) is 4.78. The lowest BCUT2D eigenvalue weighted by Gasteiger charge is -2.20. The zero-order valence-electron chi connectivity index (χ0n) is 19.7. The Hall–Kier alpha value is -4.76. The maximum atomic E-state index is 15.4. The third-order valence-electron chi connectivity index (χ3n) is 4.78. The molecule has 0 fully saturated rings. The Morgan fingerprint density at radius 3 is 2.13 bits per heavy atom. The van der Waals surface area contributed by atoms with Crippen LogP contribution < -0.4 is 30.0 Å². The van der Waals surface area contributed by atoms with Crippen LogP contribution in [-0.4, -0.2) is 37.4 Å². The summed E-state index contributed by atoms with van der Waals surface area (Å²) in [5.74, 6) is -8.02. The van der Waals surface area contributed by atoms with E-state index < -0.39 is 70.0 Å². The van der Waals surface area contributed by atoms with Gasteiger partial charge in [-0.2, -0.15) is 13.2 Å². The van der Waals surface area contributed by atoms with Gasteiger partial charge in [0.15, 0.2) is 17.3 Å². The van der Waals surface area contributed by atoms with Crippen molar-refractivity contribution in [3.63, 3.8) is 0 Å². The Kier molecular flexibility index (Phi) is 8.07. The van der Waals surface area contributed by atoms with Gasteiger partial charge in [0, 0.05) is 24.0 Å². The molecule has 0 unspecified atom stereocenters. The predicted molar refractivity (Wildman–Crippen MR) is 118 cm³/mol. The fraction of sp³-hybridized carbons (Fsp3) is 0.174.